The van der Waals surface area contributed by atoms with Crippen LogP contribution in [0.3, 0.4) is 0 Å². The second-order valence-electron chi connectivity index (χ2n) is 1.94. The van der Waals surface area contributed by atoms with Crippen molar-refractivity contribution in [2.75, 3.05) is 5.73 Å². The van der Waals surface area contributed by atoms with Crippen LogP contribution in [0.1, 0.15) is 5.69 Å². The van der Waals surface area contributed by atoms with Crippen molar-refractivity contribution in [3.05, 3.63) is 17.0 Å². The molecule has 0 amide bonds. The summed E-state index contributed by atoms with van der Waals surface area (Å²) < 4.78 is 0. The second kappa shape index (κ2) is 3.22. The summed E-state index contributed by atoms with van der Waals surface area (Å²) in [5, 5.41) is 3.40. The number of nitrogens with two attached hydrogens (primary N) is 3. The first kappa shape index (κ1) is 8.54. The number of nitrogen functional groups attached to an aromatic ring is 1. The summed E-state index contributed by atoms with van der Waals surface area (Å²) in [6.45, 7) is 0. The van der Waals surface area contributed by atoms with Gasteiger partial charge in [0.15, 0.2) is 17.3 Å². The molecule has 0 atom stereocenters. The molecule has 0 aromatic carbocycles. The van der Waals surface area contributed by atoms with Gasteiger partial charge in [0.1, 0.15) is 5.15 Å². The fourth-order valence-electron chi connectivity index (χ4n) is 0.627. The maximum atomic E-state index is 5.54. The topological polar surface area (TPSA) is 116 Å². The molecule has 1 rings (SSSR count). The van der Waals surface area contributed by atoms with Gasteiger partial charge in [-0.2, -0.15) is 5.10 Å². The Balaban J connectivity index is 3.23. The largest absolute Gasteiger partial charge is 0.382 e. The lowest BCUT2D eigenvalue weighted by Gasteiger charge is -2.01. The van der Waals surface area contributed by atoms with Gasteiger partial charge in [-0.25, -0.2) is 9.97 Å². The van der Waals surface area contributed by atoms with Gasteiger partial charge in [-0.15, -0.1) is 0 Å². The van der Waals surface area contributed by atoms with Crippen molar-refractivity contribution in [1.82, 2.24) is 9.97 Å². The minimum absolute atomic E-state index is 0.00231. The molecule has 0 bridgehead atoms. The third-order valence-electron chi connectivity index (χ3n) is 1.15. The molecule has 0 aliphatic carbocycles. The molecule has 0 unspecified atom stereocenters. The van der Waals surface area contributed by atoms with Gasteiger partial charge in [-0.05, 0) is 0 Å². The highest BCUT2D eigenvalue weighted by Crippen LogP contribution is 2.08. The maximum Gasteiger partial charge on any atom is 0.172 e. The zero-order valence-corrected chi connectivity index (χ0v) is 6.78. The Morgan fingerprint density at radius 2 is 2.25 bits per heavy atom. The summed E-state index contributed by atoms with van der Waals surface area (Å²) >= 11 is 5.54. The van der Waals surface area contributed by atoms with E-state index in [1.807, 2.05) is 0 Å². The molecule has 0 aliphatic rings. The first-order chi connectivity index (χ1) is 5.65. The zero-order chi connectivity index (χ0) is 9.14. The highest BCUT2D eigenvalue weighted by Gasteiger charge is 2.07. The lowest BCUT2D eigenvalue weighted by molar-refractivity contribution is 1.15. The number of aromatic nitrogens is 2. The van der Waals surface area contributed by atoms with Crippen LogP contribution in [0.4, 0.5) is 5.82 Å². The first-order valence-electron chi connectivity index (χ1n) is 2.97. The van der Waals surface area contributed by atoms with Gasteiger partial charge in [0.25, 0.3) is 0 Å². The zero-order valence-electron chi connectivity index (χ0n) is 6.03. The standard InChI is InChI=1S/C5H7ClN6/c6-2-1-10-4(7)3(11-2)5(8)12-9/h1H,9H2,(H2,7,10)(H2,8,12). The van der Waals surface area contributed by atoms with E-state index in [1.165, 1.54) is 6.20 Å². The maximum absolute atomic E-state index is 5.54. The molecule has 0 saturated carbocycles. The van der Waals surface area contributed by atoms with Gasteiger partial charge in [-0.3, -0.25) is 0 Å². The van der Waals surface area contributed by atoms with Crippen LogP contribution in [0.25, 0.3) is 0 Å². The van der Waals surface area contributed by atoms with Crippen molar-refractivity contribution in [1.29, 1.82) is 0 Å². The summed E-state index contributed by atoms with van der Waals surface area (Å²) in [4.78, 5) is 7.50. The quantitative estimate of drug-likeness (QED) is 0.232. The molecule has 0 radical (unpaired) electrons. The normalized spacial score (nSPS) is 11.6. The Kier molecular flexibility index (Phi) is 2.29. The average molecular weight is 187 g/mol. The predicted octanol–water partition coefficient (Wildman–Crippen LogP) is -0.709. The lowest BCUT2D eigenvalue weighted by Crippen LogP contribution is -2.19. The molecule has 1 aromatic rings. The van der Waals surface area contributed by atoms with E-state index in [9.17, 15) is 0 Å². The number of amidine groups is 1. The predicted molar refractivity (Wildman–Crippen MR) is 46.4 cm³/mol. The van der Waals surface area contributed by atoms with Crippen molar-refractivity contribution in [2.45, 2.75) is 0 Å². The van der Waals surface area contributed by atoms with Gasteiger partial charge in [0.05, 0.1) is 6.20 Å². The van der Waals surface area contributed by atoms with Crippen LogP contribution in [-0.4, -0.2) is 15.8 Å². The molecule has 6 nitrogen and oxygen atoms in total. The van der Waals surface area contributed by atoms with Gasteiger partial charge < -0.3 is 17.3 Å². The van der Waals surface area contributed by atoms with Crippen molar-refractivity contribution < 1.29 is 0 Å². The fourth-order valence-corrected chi connectivity index (χ4v) is 0.760. The van der Waals surface area contributed by atoms with Crippen molar-refractivity contribution in [2.24, 2.45) is 16.7 Å². The van der Waals surface area contributed by atoms with E-state index in [2.05, 4.69) is 15.1 Å². The number of nitrogens with zero attached hydrogens (tertiary/aromatic N) is 3. The SMILES string of the molecule is NN=C(N)c1nc(Cl)cnc1N. The van der Waals surface area contributed by atoms with Crippen LogP contribution in [0.15, 0.2) is 11.3 Å². The minimum Gasteiger partial charge on any atom is -0.382 e. The van der Waals surface area contributed by atoms with Gasteiger partial charge in [-0.1, -0.05) is 11.6 Å². The monoisotopic (exact) mass is 186 g/mol. The summed E-state index contributed by atoms with van der Waals surface area (Å²) in [6, 6.07) is 0. The Morgan fingerprint density at radius 1 is 1.58 bits per heavy atom. The molecule has 12 heavy (non-hydrogen) atoms. The highest BCUT2D eigenvalue weighted by molar-refractivity contribution is 6.29. The first-order valence-corrected chi connectivity index (χ1v) is 3.34. The molecule has 0 spiro atoms. The van der Waals surface area contributed by atoms with Crippen molar-refractivity contribution >= 4 is 23.3 Å². The molecule has 64 valence electrons. The molecule has 0 fully saturated rings. The summed E-state index contributed by atoms with van der Waals surface area (Å²) in [6.07, 6.45) is 1.31. The number of hydrogen-bond acceptors (Lipinski definition) is 5. The van der Waals surface area contributed by atoms with Crippen molar-refractivity contribution in [3.63, 3.8) is 0 Å². The van der Waals surface area contributed by atoms with Crippen LogP contribution in [0.5, 0.6) is 0 Å². The van der Waals surface area contributed by atoms with Crippen LogP contribution in [0.2, 0.25) is 5.15 Å². The molecule has 1 heterocycles. The van der Waals surface area contributed by atoms with Crippen LogP contribution < -0.4 is 17.3 Å². The number of hydrazone groups is 1. The molecule has 7 heteroatoms. The molecular formula is C5H7ClN6. The number of anilines is 1. The van der Waals surface area contributed by atoms with E-state index in [0.717, 1.165) is 0 Å². The molecule has 1 aromatic heterocycles. The molecule has 0 aliphatic heterocycles. The number of halogens is 1. The van der Waals surface area contributed by atoms with Crippen LogP contribution in [-0.2, 0) is 0 Å². The fraction of sp³-hybridized carbons (Fsp3) is 0. The third-order valence-corrected chi connectivity index (χ3v) is 1.34. The molecular weight excluding hydrogens is 180 g/mol. The van der Waals surface area contributed by atoms with E-state index in [4.69, 9.17) is 28.9 Å². The Labute approximate surface area is 73.4 Å². The van der Waals surface area contributed by atoms with Gasteiger partial charge in [0, 0.05) is 0 Å². The van der Waals surface area contributed by atoms with Gasteiger partial charge >= 0.3 is 0 Å². The minimum atomic E-state index is 0.00231. The average Bonchev–Trinajstić information content (AvgIpc) is 2.08. The van der Waals surface area contributed by atoms with Crippen molar-refractivity contribution in [3.8, 4) is 0 Å². The van der Waals surface area contributed by atoms with Crippen LogP contribution in [0, 0.1) is 0 Å². The van der Waals surface area contributed by atoms with E-state index in [1.54, 1.807) is 0 Å². The summed E-state index contributed by atoms with van der Waals surface area (Å²) in [5.74, 6) is 5.07. The Hall–Kier alpha value is -1.56. The molecule has 6 N–H and O–H groups in total. The highest BCUT2D eigenvalue weighted by atomic mass is 35.5. The van der Waals surface area contributed by atoms with Crippen LogP contribution >= 0.6 is 11.6 Å². The van der Waals surface area contributed by atoms with Gasteiger partial charge in [0.2, 0.25) is 0 Å². The smallest absolute Gasteiger partial charge is 0.172 e. The Morgan fingerprint density at radius 3 is 2.83 bits per heavy atom. The molecule has 0 saturated heterocycles. The van der Waals surface area contributed by atoms with E-state index in [0.29, 0.717) is 0 Å². The summed E-state index contributed by atoms with van der Waals surface area (Å²) in [7, 11) is 0. The number of rotatable bonds is 1. The van der Waals surface area contributed by atoms with E-state index in [-0.39, 0.29) is 22.5 Å². The van der Waals surface area contributed by atoms with E-state index >= 15 is 0 Å². The second-order valence-corrected chi connectivity index (χ2v) is 2.33. The Bertz CT molecular complexity index is 322. The summed E-state index contributed by atoms with van der Waals surface area (Å²) in [5.41, 5.74) is 11.0. The number of hydrogen-bond donors (Lipinski definition) is 3. The van der Waals surface area contributed by atoms with E-state index < -0.39 is 0 Å². The third kappa shape index (κ3) is 1.54. The lowest BCUT2D eigenvalue weighted by atomic mass is 10.4.